The predicted octanol–water partition coefficient (Wildman–Crippen LogP) is 3.05. The summed E-state index contributed by atoms with van der Waals surface area (Å²) >= 11 is 1.85. The van der Waals surface area contributed by atoms with Crippen LogP contribution in [0, 0.1) is 11.3 Å². The molecule has 2 heterocycles. The van der Waals surface area contributed by atoms with Crippen molar-refractivity contribution in [1.29, 1.82) is 5.26 Å². The van der Waals surface area contributed by atoms with Crippen LogP contribution in [0.3, 0.4) is 0 Å². The normalized spacial score (nSPS) is 18.1. The van der Waals surface area contributed by atoms with Crippen LogP contribution in [0.25, 0.3) is 0 Å². The van der Waals surface area contributed by atoms with Gasteiger partial charge in [-0.05, 0) is 54.1 Å². The van der Waals surface area contributed by atoms with Crippen molar-refractivity contribution in [2.75, 3.05) is 6.54 Å². The standard InChI is InChI=1S/C15H14N2S/c16-10-12-3-1-11(2-4-12)9-14-15-13(5-7-17-14)6-8-18-15/h1-4,6,8,14,17H,5,7,9H2/t14-/m0/s1. The maximum Gasteiger partial charge on any atom is 0.0991 e. The van der Waals surface area contributed by atoms with E-state index in [1.165, 1.54) is 16.0 Å². The molecule has 1 aliphatic heterocycles. The Balaban J connectivity index is 1.80. The van der Waals surface area contributed by atoms with Crippen molar-refractivity contribution in [3.05, 3.63) is 57.3 Å². The van der Waals surface area contributed by atoms with Crippen molar-refractivity contribution in [3.63, 3.8) is 0 Å². The first-order chi connectivity index (χ1) is 8.86. The smallest absolute Gasteiger partial charge is 0.0991 e. The second-order valence-electron chi connectivity index (χ2n) is 4.58. The van der Waals surface area contributed by atoms with Gasteiger partial charge in [-0.1, -0.05) is 12.1 Å². The molecule has 0 fully saturated rings. The van der Waals surface area contributed by atoms with Crippen molar-refractivity contribution in [2.24, 2.45) is 0 Å². The monoisotopic (exact) mass is 254 g/mol. The van der Waals surface area contributed by atoms with Crippen LogP contribution in [-0.4, -0.2) is 6.54 Å². The fourth-order valence-electron chi connectivity index (χ4n) is 2.45. The summed E-state index contributed by atoms with van der Waals surface area (Å²) in [7, 11) is 0. The molecule has 1 aromatic heterocycles. The van der Waals surface area contributed by atoms with Gasteiger partial charge in [0.05, 0.1) is 11.6 Å². The average molecular weight is 254 g/mol. The van der Waals surface area contributed by atoms with E-state index in [9.17, 15) is 0 Å². The molecule has 2 aromatic rings. The molecule has 1 aliphatic rings. The summed E-state index contributed by atoms with van der Waals surface area (Å²) in [5.41, 5.74) is 3.51. The summed E-state index contributed by atoms with van der Waals surface area (Å²) in [5.74, 6) is 0. The molecule has 2 nitrogen and oxygen atoms in total. The van der Waals surface area contributed by atoms with Crippen LogP contribution < -0.4 is 5.32 Å². The number of fused-ring (bicyclic) bond motifs is 1. The molecule has 90 valence electrons. The molecule has 3 rings (SSSR count). The fraction of sp³-hybridized carbons (Fsp3) is 0.267. The molecule has 18 heavy (non-hydrogen) atoms. The molecule has 3 heteroatoms. The highest BCUT2D eigenvalue weighted by Crippen LogP contribution is 2.30. The topological polar surface area (TPSA) is 35.8 Å². The molecule has 1 N–H and O–H groups in total. The Bertz CT molecular complexity index is 577. The molecular weight excluding hydrogens is 240 g/mol. The lowest BCUT2D eigenvalue weighted by molar-refractivity contribution is 0.512. The largest absolute Gasteiger partial charge is 0.309 e. The lowest BCUT2D eigenvalue weighted by Gasteiger charge is -2.24. The second-order valence-corrected chi connectivity index (χ2v) is 5.53. The van der Waals surface area contributed by atoms with Crippen LogP contribution in [0.4, 0.5) is 0 Å². The van der Waals surface area contributed by atoms with Gasteiger partial charge in [0.25, 0.3) is 0 Å². The van der Waals surface area contributed by atoms with Crippen LogP contribution in [0.15, 0.2) is 35.7 Å². The lowest BCUT2D eigenvalue weighted by atomic mass is 9.97. The minimum Gasteiger partial charge on any atom is -0.309 e. The number of benzene rings is 1. The zero-order valence-corrected chi connectivity index (χ0v) is 10.8. The number of nitrogens with one attached hydrogen (secondary N) is 1. The molecule has 0 saturated heterocycles. The summed E-state index contributed by atoms with van der Waals surface area (Å²) in [6.45, 7) is 1.06. The minimum atomic E-state index is 0.432. The Hall–Kier alpha value is -1.63. The Labute approximate surface area is 111 Å². The van der Waals surface area contributed by atoms with Crippen molar-refractivity contribution in [1.82, 2.24) is 5.32 Å². The third-order valence-corrected chi connectivity index (χ3v) is 4.48. The van der Waals surface area contributed by atoms with E-state index in [2.05, 4.69) is 35.0 Å². The van der Waals surface area contributed by atoms with Crippen LogP contribution >= 0.6 is 11.3 Å². The van der Waals surface area contributed by atoms with Gasteiger partial charge in [-0.15, -0.1) is 11.3 Å². The Morgan fingerprint density at radius 1 is 1.28 bits per heavy atom. The third-order valence-electron chi connectivity index (χ3n) is 3.41. The first-order valence-electron chi connectivity index (χ1n) is 6.15. The summed E-state index contributed by atoms with van der Waals surface area (Å²) in [6, 6.07) is 12.7. The van der Waals surface area contributed by atoms with Crippen LogP contribution in [0.2, 0.25) is 0 Å². The number of rotatable bonds is 2. The van der Waals surface area contributed by atoms with Crippen molar-refractivity contribution in [2.45, 2.75) is 18.9 Å². The van der Waals surface area contributed by atoms with E-state index in [0.717, 1.165) is 24.9 Å². The van der Waals surface area contributed by atoms with E-state index in [0.29, 0.717) is 6.04 Å². The minimum absolute atomic E-state index is 0.432. The molecule has 0 saturated carbocycles. The van der Waals surface area contributed by atoms with Gasteiger partial charge in [-0.25, -0.2) is 0 Å². The number of hydrogen-bond donors (Lipinski definition) is 1. The SMILES string of the molecule is N#Cc1ccc(C[C@@H]2NCCc3ccsc32)cc1. The molecular formula is C15H14N2S. The van der Waals surface area contributed by atoms with Crippen molar-refractivity contribution < 1.29 is 0 Å². The molecule has 0 spiro atoms. The van der Waals surface area contributed by atoms with E-state index in [1.54, 1.807) is 0 Å². The van der Waals surface area contributed by atoms with Crippen LogP contribution in [0.5, 0.6) is 0 Å². The molecule has 0 aliphatic carbocycles. The van der Waals surface area contributed by atoms with Crippen molar-refractivity contribution >= 4 is 11.3 Å². The highest BCUT2D eigenvalue weighted by Gasteiger charge is 2.20. The molecule has 0 amide bonds. The van der Waals surface area contributed by atoms with E-state index in [-0.39, 0.29) is 0 Å². The van der Waals surface area contributed by atoms with Crippen LogP contribution in [-0.2, 0) is 12.8 Å². The van der Waals surface area contributed by atoms with E-state index >= 15 is 0 Å². The van der Waals surface area contributed by atoms with E-state index in [4.69, 9.17) is 5.26 Å². The zero-order valence-electron chi connectivity index (χ0n) is 10.0. The fourth-order valence-corrected chi connectivity index (χ4v) is 3.48. The lowest BCUT2D eigenvalue weighted by Crippen LogP contribution is -2.29. The number of hydrogen-bond acceptors (Lipinski definition) is 3. The predicted molar refractivity (Wildman–Crippen MR) is 73.6 cm³/mol. The van der Waals surface area contributed by atoms with Gasteiger partial charge in [-0.2, -0.15) is 5.26 Å². The van der Waals surface area contributed by atoms with Gasteiger partial charge in [-0.3, -0.25) is 0 Å². The van der Waals surface area contributed by atoms with E-state index in [1.807, 2.05) is 23.5 Å². The van der Waals surface area contributed by atoms with Gasteiger partial charge in [0.1, 0.15) is 0 Å². The number of nitrogens with zero attached hydrogens (tertiary/aromatic N) is 1. The molecule has 0 radical (unpaired) electrons. The Morgan fingerprint density at radius 2 is 2.11 bits per heavy atom. The van der Waals surface area contributed by atoms with Crippen LogP contribution in [0.1, 0.15) is 27.6 Å². The van der Waals surface area contributed by atoms with Gasteiger partial charge < -0.3 is 5.32 Å². The maximum atomic E-state index is 8.79. The molecule has 0 bridgehead atoms. The zero-order chi connectivity index (χ0) is 12.4. The highest BCUT2D eigenvalue weighted by atomic mass is 32.1. The first kappa shape index (κ1) is 11.5. The Morgan fingerprint density at radius 3 is 2.89 bits per heavy atom. The average Bonchev–Trinajstić information content (AvgIpc) is 2.89. The Kier molecular flexibility index (Phi) is 3.14. The third kappa shape index (κ3) is 2.17. The summed E-state index contributed by atoms with van der Waals surface area (Å²) in [5, 5.41) is 14.6. The number of nitriles is 1. The van der Waals surface area contributed by atoms with Crippen molar-refractivity contribution in [3.8, 4) is 6.07 Å². The van der Waals surface area contributed by atoms with Gasteiger partial charge in [0.15, 0.2) is 0 Å². The van der Waals surface area contributed by atoms with Gasteiger partial charge >= 0.3 is 0 Å². The summed E-state index contributed by atoms with van der Waals surface area (Å²) < 4.78 is 0. The van der Waals surface area contributed by atoms with Gasteiger partial charge in [0, 0.05) is 10.9 Å². The maximum absolute atomic E-state index is 8.79. The van der Waals surface area contributed by atoms with E-state index < -0.39 is 0 Å². The molecule has 0 unspecified atom stereocenters. The second kappa shape index (κ2) is 4.93. The summed E-state index contributed by atoms with van der Waals surface area (Å²) in [6.07, 6.45) is 2.14. The molecule has 1 atom stereocenters. The quantitative estimate of drug-likeness (QED) is 0.894. The highest BCUT2D eigenvalue weighted by molar-refractivity contribution is 7.10. The van der Waals surface area contributed by atoms with Gasteiger partial charge in [0.2, 0.25) is 0 Å². The molecule has 1 aromatic carbocycles. The number of thiophene rings is 1. The summed E-state index contributed by atoms with van der Waals surface area (Å²) in [4.78, 5) is 1.48. The first-order valence-corrected chi connectivity index (χ1v) is 7.03.